The van der Waals surface area contributed by atoms with Gasteiger partial charge in [0.2, 0.25) is 0 Å². The fraction of sp³-hybridized carbons (Fsp3) is 1.00. The van der Waals surface area contributed by atoms with Crippen molar-refractivity contribution in [3.8, 4) is 0 Å². The number of nitrogens with two attached hydrogens (primary N) is 1. The van der Waals surface area contributed by atoms with Crippen molar-refractivity contribution < 1.29 is 9.47 Å². The second-order valence-electron chi connectivity index (χ2n) is 5.87. The Morgan fingerprint density at radius 1 is 0.824 bits per heavy atom. The van der Waals surface area contributed by atoms with Crippen LogP contribution in [0.3, 0.4) is 0 Å². The minimum absolute atomic E-state index is 0.386. The third kappa shape index (κ3) is 4.57. The van der Waals surface area contributed by atoms with Crippen molar-refractivity contribution in [2.45, 2.75) is 76.5 Å². The van der Waals surface area contributed by atoms with E-state index in [9.17, 15) is 0 Å². The summed E-state index contributed by atoms with van der Waals surface area (Å²) in [5.74, 6) is 0.885. The fourth-order valence-corrected chi connectivity index (χ4v) is 2.88. The van der Waals surface area contributed by atoms with Crippen molar-refractivity contribution in [2.75, 3.05) is 6.79 Å². The van der Waals surface area contributed by atoms with Gasteiger partial charge in [-0.05, 0) is 57.3 Å². The van der Waals surface area contributed by atoms with Crippen molar-refractivity contribution in [2.24, 2.45) is 11.7 Å². The van der Waals surface area contributed by atoms with E-state index in [2.05, 4.69) is 6.92 Å². The molecule has 0 saturated heterocycles. The SMILES string of the molecule is CC1CCC(OCOC2CCC(N)CC2)CC1. The monoisotopic (exact) mass is 241 g/mol. The summed E-state index contributed by atoms with van der Waals surface area (Å²) in [6, 6.07) is 0.399. The molecule has 0 unspecified atom stereocenters. The van der Waals surface area contributed by atoms with Gasteiger partial charge in [0.25, 0.3) is 0 Å². The van der Waals surface area contributed by atoms with Crippen LogP contribution in [0.5, 0.6) is 0 Å². The van der Waals surface area contributed by atoms with Crippen LogP contribution in [-0.4, -0.2) is 25.0 Å². The molecule has 0 bridgehead atoms. The molecule has 0 heterocycles. The molecule has 0 aromatic rings. The van der Waals surface area contributed by atoms with Crippen LogP contribution in [0.2, 0.25) is 0 Å². The minimum Gasteiger partial charge on any atom is -0.352 e. The number of hydrogen-bond donors (Lipinski definition) is 1. The topological polar surface area (TPSA) is 44.5 Å². The van der Waals surface area contributed by atoms with E-state index in [1.54, 1.807) is 0 Å². The Balaban J connectivity index is 1.54. The zero-order chi connectivity index (χ0) is 12.1. The van der Waals surface area contributed by atoms with E-state index in [0.717, 1.165) is 31.6 Å². The molecule has 2 N–H and O–H groups in total. The first-order valence-corrected chi connectivity index (χ1v) is 7.23. The van der Waals surface area contributed by atoms with Gasteiger partial charge < -0.3 is 15.2 Å². The lowest BCUT2D eigenvalue weighted by molar-refractivity contribution is -0.133. The molecule has 2 aliphatic carbocycles. The van der Waals surface area contributed by atoms with Gasteiger partial charge in [-0.1, -0.05) is 6.92 Å². The van der Waals surface area contributed by atoms with E-state index in [-0.39, 0.29) is 0 Å². The summed E-state index contributed by atoms with van der Waals surface area (Å²) in [6.45, 7) is 2.82. The predicted molar refractivity (Wildman–Crippen MR) is 68.7 cm³/mol. The van der Waals surface area contributed by atoms with Crippen LogP contribution in [0, 0.1) is 5.92 Å². The molecule has 0 atom stereocenters. The Morgan fingerprint density at radius 2 is 1.29 bits per heavy atom. The molecule has 0 amide bonds. The van der Waals surface area contributed by atoms with Gasteiger partial charge in [0.05, 0.1) is 12.2 Å². The highest BCUT2D eigenvalue weighted by molar-refractivity contribution is 4.74. The first kappa shape index (κ1) is 13.3. The van der Waals surface area contributed by atoms with Crippen molar-refractivity contribution in [3.63, 3.8) is 0 Å². The Kier molecular flexibility index (Phi) is 5.26. The zero-order valence-corrected chi connectivity index (χ0v) is 11.1. The normalized spacial score (nSPS) is 39.2. The summed E-state index contributed by atoms with van der Waals surface area (Å²) in [5.41, 5.74) is 5.87. The highest BCUT2D eigenvalue weighted by atomic mass is 16.7. The molecule has 2 rings (SSSR count). The molecule has 3 heteroatoms. The molecular weight excluding hydrogens is 214 g/mol. The summed E-state index contributed by atoms with van der Waals surface area (Å²) in [7, 11) is 0. The first-order chi connectivity index (χ1) is 8.24. The standard InChI is InChI=1S/C14H27NO2/c1-11-2-6-13(7-3-11)16-10-17-14-8-4-12(15)5-9-14/h11-14H,2-10,15H2,1H3. The Hall–Kier alpha value is -0.120. The highest BCUT2D eigenvalue weighted by Crippen LogP contribution is 2.26. The van der Waals surface area contributed by atoms with Crippen LogP contribution >= 0.6 is 0 Å². The summed E-state index contributed by atoms with van der Waals surface area (Å²) < 4.78 is 11.6. The van der Waals surface area contributed by atoms with Crippen LogP contribution < -0.4 is 5.73 Å². The van der Waals surface area contributed by atoms with Crippen LogP contribution in [0.1, 0.15) is 58.3 Å². The predicted octanol–water partition coefficient (Wildman–Crippen LogP) is 2.83. The van der Waals surface area contributed by atoms with Gasteiger partial charge in [-0.25, -0.2) is 0 Å². The van der Waals surface area contributed by atoms with Crippen LogP contribution in [0.25, 0.3) is 0 Å². The maximum Gasteiger partial charge on any atom is 0.147 e. The van der Waals surface area contributed by atoms with Crippen molar-refractivity contribution in [1.82, 2.24) is 0 Å². The van der Waals surface area contributed by atoms with Crippen molar-refractivity contribution in [1.29, 1.82) is 0 Å². The number of hydrogen-bond acceptors (Lipinski definition) is 3. The molecule has 0 aliphatic heterocycles. The number of rotatable bonds is 4. The van der Waals surface area contributed by atoms with Crippen LogP contribution in [0.15, 0.2) is 0 Å². The lowest BCUT2D eigenvalue weighted by atomic mass is 9.89. The lowest BCUT2D eigenvalue weighted by Crippen LogP contribution is -2.31. The molecular formula is C14H27NO2. The largest absolute Gasteiger partial charge is 0.352 e. The van der Waals surface area contributed by atoms with Gasteiger partial charge in [-0.15, -0.1) is 0 Å². The van der Waals surface area contributed by atoms with E-state index < -0.39 is 0 Å². The average Bonchev–Trinajstić information content (AvgIpc) is 2.34. The van der Waals surface area contributed by atoms with Crippen molar-refractivity contribution in [3.05, 3.63) is 0 Å². The third-order valence-electron chi connectivity index (χ3n) is 4.29. The average molecular weight is 241 g/mol. The van der Waals surface area contributed by atoms with E-state index in [0.29, 0.717) is 25.0 Å². The van der Waals surface area contributed by atoms with E-state index in [4.69, 9.17) is 15.2 Å². The highest BCUT2D eigenvalue weighted by Gasteiger charge is 2.21. The maximum absolute atomic E-state index is 5.87. The third-order valence-corrected chi connectivity index (χ3v) is 4.29. The molecule has 3 nitrogen and oxygen atoms in total. The van der Waals surface area contributed by atoms with Gasteiger partial charge in [0.15, 0.2) is 0 Å². The molecule has 2 aliphatic rings. The quantitative estimate of drug-likeness (QED) is 0.770. The van der Waals surface area contributed by atoms with Gasteiger partial charge in [0, 0.05) is 6.04 Å². The Morgan fingerprint density at radius 3 is 1.82 bits per heavy atom. The van der Waals surface area contributed by atoms with Gasteiger partial charge in [-0.3, -0.25) is 0 Å². The lowest BCUT2D eigenvalue weighted by Gasteiger charge is -2.29. The summed E-state index contributed by atoms with van der Waals surface area (Å²) in [6.07, 6.45) is 10.3. The van der Waals surface area contributed by atoms with Gasteiger partial charge >= 0.3 is 0 Å². The summed E-state index contributed by atoms with van der Waals surface area (Å²) in [5, 5.41) is 0. The summed E-state index contributed by atoms with van der Waals surface area (Å²) in [4.78, 5) is 0. The second-order valence-corrected chi connectivity index (χ2v) is 5.87. The fourth-order valence-electron chi connectivity index (χ4n) is 2.88. The van der Waals surface area contributed by atoms with E-state index in [1.807, 2.05) is 0 Å². The maximum atomic E-state index is 5.87. The van der Waals surface area contributed by atoms with Crippen LogP contribution in [0.4, 0.5) is 0 Å². The van der Waals surface area contributed by atoms with E-state index >= 15 is 0 Å². The summed E-state index contributed by atoms with van der Waals surface area (Å²) >= 11 is 0. The zero-order valence-electron chi connectivity index (χ0n) is 11.1. The molecule has 0 spiro atoms. The van der Waals surface area contributed by atoms with Crippen LogP contribution in [-0.2, 0) is 9.47 Å². The second kappa shape index (κ2) is 6.72. The molecule has 2 saturated carbocycles. The van der Waals surface area contributed by atoms with Gasteiger partial charge in [0.1, 0.15) is 6.79 Å². The molecule has 0 aromatic carbocycles. The Bertz CT molecular complexity index is 184. The molecule has 2 fully saturated rings. The minimum atomic E-state index is 0.386. The molecule has 0 radical (unpaired) electrons. The smallest absolute Gasteiger partial charge is 0.147 e. The first-order valence-electron chi connectivity index (χ1n) is 7.23. The molecule has 0 aromatic heterocycles. The van der Waals surface area contributed by atoms with E-state index in [1.165, 1.54) is 25.7 Å². The molecule has 17 heavy (non-hydrogen) atoms. The molecule has 100 valence electrons. The van der Waals surface area contributed by atoms with Gasteiger partial charge in [-0.2, -0.15) is 0 Å². The number of ether oxygens (including phenoxy) is 2. The van der Waals surface area contributed by atoms with Crippen molar-refractivity contribution >= 4 is 0 Å². The Labute approximate surface area is 105 Å².